The Kier molecular flexibility index (Phi) is 5.48. The van der Waals surface area contributed by atoms with E-state index in [2.05, 4.69) is 10.4 Å². The van der Waals surface area contributed by atoms with E-state index in [0.29, 0.717) is 5.69 Å². The highest BCUT2D eigenvalue weighted by Crippen LogP contribution is 2.21. The first kappa shape index (κ1) is 18.1. The van der Waals surface area contributed by atoms with Crippen molar-refractivity contribution < 1.29 is 19.2 Å². The lowest BCUT2D eigenvalue weighted by atomic mass is 10.3. The van der Waals surface area contributed by atoms with Crippen LogP contribution in [0.4, 0.5) is 11.4 Å². The zero-order chi connectivity index (χ0) is 18.6. The van der Waals surface area contributed by atoms with E-state index in [4.69, 9.17) is 4.74 Å². The maximum Gasteiger partial charge on any atom is 0.328 e. The van der Waals surface area contributed by atoms with E-state index in [1.165, 1.54) is 25.5 Å². The lowest BCUT2D eigenvalue weighted by molar-refractivity contribution is -0.386. The van der Waals surface area contributed by atoms with Crippen molar-refractivity contribution in [2.75, 3.05) is 5.32 Å². The van der Waals surface area contributed by atoms with Crippen molar-refractivity contribution in [2.24, 2.45) is 0 Å². The molecule has 25 heavy (non-hydrogen) atoms. The van der Waals surface area contributed by atoms with Crippen molar-refractivity contribution in [1.82, 2.24) is 9.78 Å². The lowest BCUT2D eigenvalue weighted by Crippen LogP contribution is -2.31. The van der Waals surface area contributed by atoms with E-state index in [1.807, 2.05) is 6.07 Å². The summed E-state index contributed by atoms with van der Waals surface area (Å²) in [5.41, 5.74) is 0.915. The van der Waals surface area contributed by atoms with Crippen molar-refractivity contribution in [3.05, 3.63) is 51.8 Å². The fourth-order valence-corrected chi connectivity index (χ4v) is 2.28. The maximum atomic E-state index is 12.0. The molecule has 1 N–H and O–H groups in total. The van der Waals surface area contributed by atoms with E-state index < -0.39 is 22.9 Å². The highest BCUT2D eigenvalue weighted by molar-refractivity contribution is 5.95. The minimum Gasteiger partial charge on any atom is -0.451 e. The average Bonchev–Trinajstić information content (AvgIpc) is 2.82. The summed E-state index contributed by atoms with van der Waals surface area (Å²) in [7, 11) is 0. The molecule has 9 nitrogen and oxygen atoms in total. The largest absolute Gasteiger partial charge is 0.451 e. The Morgan fingerprint density at radius 3 is 2.52 bits per heavy atom. The molecule has 9 heteroatoms. The summed E-state index contributed by atoms with van der Waals surface area (Å²) in [4.78, 5) is 34.4. The standard InChI is InChI=1S/C16H18N4O5/c1-10-15(20(23)24)11(2)19(18-10)9-14(21)25-12(3)16(22)17-13-7-5-4-6-8-13/h4-8,12H,9H2,1-3H3,(H,17,22). The zero-order valence-electron chi connectivity index (χ0n) is 14.1. The molecule has 0 radical (unpaired) electrons. The number of nitrogens with one attached hydrogen (secondary N) is 1. The fourth-order valence-electron chi connectivity index (χ4n) is 2.28. The number of para-hydroxylation sites is 1. The first-order valence-corrected chi connectivity index (χ1v) is 7.53. The van der Waals surface area contributed by atoms with Gasteiger partial charge in [0.15, 0.2) is 6.10 Å². The summed E-state index contributed by atoms with van der Waals surface area (Å²) in [5, 5.41) is 17.6. The SMILES string of the molecule is Cc1nn(CC(=O)OC(C)C(=O)Nc2ccccc2)c(C)c1[N+](=O)[O-]. The number of hydrogen-bond acceptors (Lipinski definition) is 6. The number of carbonyl (C=O) groups excluding carboxylic acids is 2. The molecule has 0 saturated carbocycles. The number of carbonyl (C=O) groups is 2. The monoisotopic (exact) mass is 346 g/mol. The number of nitrogens with zero attached hydrogens (tertiary/aromatic N) is 3. The number of ether oxygens (including phenoxy) is 1. The fraction of sp³-hybridized carbons (Fsp3) is 0.312. The van der Waals surface area contributed by atoms with E-state index in [1.54, 1.807) is 24.3 Å². The summed E-state index contributed by atoms with van der Waals surface area (Å²) < 4.78 is 6.26. The topological polar surface area (TPSA) is 116 Å². The van der Waals surface area contributed by atoms with Crippen LogP contribution in [0.3, 0.4) is 0 Å². The van der Waals surface area contributed by atoms with Gasteiger partial charge in [-0.2, -0.15) is 5.10 Å². The average molecular weight is 346 g/mol. The van der Waals surface area contributed by atoms with Gasteiger partial charge in [-0.15, -0.1) is 0 Å². The quantitative estimate of drug-likeness (QED) is 0.485. The van der Waals surface area contributed by atoms with Gasteiger partial charge in [-0.25, -0.2) is 0 Å². The maximum absolute atomic E-state index is 12.0. The molecule has 0 bridgehead atoms. The van der Waals surface area contributed by atoms with Gasteiger partial charge in [-0.3, -0.25) is 24.4 Å². The Balaban J connectivity index is 1.97. The van der Waals surface area contributed by atoms with Crippen molar-refractivity contribution in [1.29, 1.82) is 0 Å². The molecule has 0 saturated heterocycles. The van der Waals surface area contributed by atoms with Crippen molar-refractivity contribution in [3.63, 3.8) is 0 Å². The molecule has 0 spiro atoms. The van der Waals surface area contributed by atoms with Crippen LogP contribution < -0.4 is 5.32 Å². The number of rotatable bonds is 6. The normalized spacial score (nSPS) is 11.6. The highest BCUT2D eigenvalue weighted by atomic mass is 16.6. The van der Waals surface area contributed by atoms with Gasteiger partial charge in [0.1, 0.15) is 17.9 Å². The first-order valence-electron chi connectivity index (χ1n) is 7.53. The van der Waals surface area contributed by atoms with Crippen molar-refractivity contribution >= 4 is 23.3 Å². The van der Waals surface area contributed by atoms with E-state index in [9.17, 15) is 19.7 Å². The molecule has 0 aliphatic heterocycles. The van der Waals surface area contributed by atoms with Crippen LogP contribution in [0, 0.1) is 24.0 Å². The number of benzene rings is 1. The van der Waals surface area contributed by atoms with E-state index in [0.717, 1.165) is 0 Å². The smallest absolute Gasteiger partial charge is 0.328 e. The third-order valence-electron chi connectivity index (χ3n) is 3.52. The molecule has 0 aliphatic carbocycles. The second-order valence-corrected chi connectivity index (χ2v) is 5.42. The molecule has 2 rings (SSSR count). The minimum atomic E-state index is -1.01. The van der Waals surface area contributed by atoms with Gasteiger partial charge in [-0.05, 0) is 32.9 Å². The summed E-state index contributed by atoms with van der Waals surface area (Å²) in [5.74, 6) is -1.19. The Hall–Kier alpha value is -3.23. The number of nitro groups is 1. The molecule has 1 amide bonds. The van der Waals surface area contributed by atoms with Gasteiger partial charge >= 0.3 is 11.7 Å². The second kappa shape index (κ2) is 7.56. The van der Waals surface area contributed by atoms with Crippen LogP contribution in [0.2, 0.25) is 0 Å². The third-order valence-corrected chi connectivity index (χ3v) is 3.52. The number of aryl methyl sites for hydroxylation is 1. The van der Waals surface area contributed by atoms with Crippen LogP contribution in [0.15, 0.2) is 30.3 Å². The Bertz CT molecular complexity index is 800. The predicted octanol–water partition coefficient (Wildman–Crippen LogP) is 1.98. The Morgan fingerprint density at radius 2 is 1.96 bits per heavy atom. The Labute approximate surface area is 143 Å². The van der Waals surface area contributed by atoms with Crippen molar-refractivity contribution in [3.8, 4) is 0 Å². The van der Waals surface area contributed by atoms with Gasteiger partial charge in [0.25, 0.3) is 5.91 Å². The number of hydrogen-bond donors (Lipinski definition) is 1. The molecule has 1 atom stereocenters. The van der Waals surface area contributed by atoms with Gasteiger partial charge in [0.2, 0.25) is 0 Å². The molecule has 0 fully saturated rings. The number of aromatic nitrogens is 2. The summed E-state index contributed by atoms with van der Waals surface area (Å²) in [6, 6.07) is 8.76. The van der Waals surface area contributed by atoms with Crippen LogP contribution in [0.5, 0.6) is 0 Å². The highest BCUT2D eigenvalue weighted by Gasteiger charge is 2.24. The molecule has 2 aromatic rings. The number of esters is 1. The van der Waals surface area contributed by atoms with Gasteiger partial charge < -0.3 is 10.1 Å². The molecule has 132 valence electrons. The van der Waals surface area contributed by atoms with E-state index >= 15 is 0 Å². The summed E-state index contributed by atoms with van der Waals surface area (Å²) in [6.45, 7) is 4.11. The zero-order valence-corrected chi connectivity index (χ0v) is 14.1. The Morgan fingerprint density at radius 1 is 1.32 bits per heavy atom. The molecule has 1 heterocycles. The van der Waals surface area contributed by atoms with E-state index in [-0.39, 0.29) is 23.6 Å². The summed E-state index contributed by atoms with van der Waals surface area (Å²) >= 11 is 0. The molecule has 1 unspecified atom stereocenters. The third kappa shape index (κ3) is 4.40. The van der Waals surface area contributed by atoms with Gasteiger partial charge in [0, 0.05) is 5.69 Å². The molecule has 1 aromatic carbocycles. The van der Waals surface area contributed by atoms with Crippen LogP contribution in [0.25, 0.3) is 0 Å². The molecular formula is C16H18N4O5. The molecule has 0 aliphatic rings. The lowest BCUT2D eigenvalue weighted by Gasteiger charge is -2.13. The predicted molar refractivity (Wildman–Crippen MR) is 89.0 cm³/mol. The van der Waals surface area contributed by atoms with Gasteiger partial charge in [-0.1, -0.05) is 18.2 Å². The van der Waals surface area contributed by atoms with Crippen molar-refractivity contribution in [2.45, 2.75) is 33.4 Å². The van der Waals surface area contributed by atoms with Crippen LogP contribution in [-0.4, -0.2) is 32.7 Å². The van der Waals surface area contributed by atoms with Crippen LogP contribution in [-0.2, 0) is 20.9 Å². The minimum absolute atomic E-state index is 0.136. The first-order chi connectivity index (χ1) is 11.8. The van der Waals surface area contributed by atoms with Gasteiger partial charge in [0.05, 0.1) is 4.92 Å². The summed E-state index contributed by atoms with van der Waals surface area (Å²) in [6.07, 6.45) is -1.01. The van der Waals surface area contributed by atoms with Crippen LogP contribution in [0.1, 0.15) is 18.3 Å². The molecular weight excluding hydrogens is 328 g/mol. The molecule has 1 aromatic heterocycles. The van der Waals surface area contributed by atoms with Crippen LogP contribution >= 0.6 is 0 Å². The number of anilines is 1. The second-order valence-electron chi connectivity index (χ2n) is 5.42. The number of amides is 1.